The number of morpholine rings is 1. The maximum absolute atomic E-state index is 11.4. The number of fused-ring (bicyclic) bond motifs is 1. The molecule has 2 unspecified atom stereocenters. The summed E-state index contributed by atoms with van der Waals surface area (Å²) in [6.07, 6.45) is 5.20. The van der Waals surface area contributed by atoms with E-state index in [0.717, 1.165) is 50.2 Å². The lowest BCUT2D eigenvalue weighted by molar-refractivity contribution is -0.137. The zero-order chi connectivity index (χ0) is 19.1. The van der Waals surface area contributed by atoms with Crippen molar-refractivity contribution in [2.75, 3.05) is 32.9 Å². The van der Waals surface area contributed by atoms with Crippen LogP contribution in [0.5, 0.6) is 0 Å². The van der Waals surface area contributed by atoms with Crippen molar-refractivity contribution in [3.63, 3.8) is 0 Å². The Hall–Kier alpha value is -2.25. The van der Waals surface area contributed by atoms with E-state index in [1.165, 1.54) is 6.08 Å². The zero-order valence-corrected chi connectivity index (χ0v) is 16.1. The Morgan fingerprint density at radius 3 is 2.56 bits per heavy atom. The van der Waals surface area contributed by atoms with Gasteiger partial charge in [0.25, 0.3) is 0 Å². The number of rotatable bonds is 8. The van der Waals surface area contributed by atoms with Crippen molar-refractivity contribution in [2.24, 2.45) is 5.92 Å². The average molecular weight is 372 g/mol. The summed E-state index contributed by atoms with van der Waals surface area (Å²) in [4.78, 5) is 15.7. The van der Waals surface area contributed by atoms with Crippen LogP contribution in [-0.4, -0.2) is 58.8 Å². The van der Waals surface area contributed by atoms with Crippen LogP contribution in [0.4, 0.5) is 0 Å². The van der Waals surface area contributed by atoms with Crippen LogP contribution in [0.1, 0.15) is 32.9 Å². The van der Waals surface area contributed by atoms with E-state index in [9.17, 15) is 4.79 Å². The number of ether oxygens (including phenoxy) is 2. The van der Waals surface area contributed by atoms with Crippen LogP contribution < -0.4 is 0 Å². The molecule has 1 aliphatic rings. The molecule has 0 spiro atoms. The molecule has 2 heterocycles. The largest absolute Gasteiger partial charge is 0.463 e. The van der Waals surface area contributed by atoms with E-state index >= 15 is 0 Å². The summed E-state index contributed by atoms with van der Waals surface area (Å²) in [5.74, 6) is 0.0339. The second-order valence-electron chi connectivity index (χ2n) is 6.78. The second kappa shape index (κ2) is 9.62. The summed E-state index contributed by atoms with van der Waals surface area (Å²) in [5.41, 5.74) is 1.82. The van der Waals surface area contributed by atoms with Gasteiger partial charge in [0.2, 0.25) is 0 Å². The van der Waals surface area contributed by atoms with Crippen molar-refractivity contribution in [2.45, 2.75) is 32.9 Å². The van der Waals surface area contributed by atoms with Crippen molar-refractivity contribution in [1.82, 2.24) is 19.9 Å². The molecule has 146 valence electrons. The third-order valence-electron chi connectivity index (χ3n) is 4.80. The molecule has 1 aliphatic heterocycles. The van der Waals surface area contributed by atoms with Gasteiger partial charge in [-0.25, -0.2) is 4.79 Å². The van der Waals surface area contributed by atoms with Gasteiger partial charge in [0.05, 0.1) is 19.8 Å². The van der Waals surface area contributed by atoms with E-state index in [0.29, 0.717) is 12.5 Å². The van der Waals surface area contributed by atoms with Crippen LogP contribution in [-0.2, 0) is 14.3 Å². The Balaban J connectivity index is 1.72. The zero-order valence-electron chi connectivity index (χ0n) is 16.1. The molecule has 1 fully saturated rings. The third kappa shape index (κ3) is 5.14. The number of benzene rings is 1. The Morgan fingerprint density at radius 1 is 1.26 bits per heavy atom. The van der Waals surface area contributed by atoms with Crippen LogP contribution in [0.2, 0.25) is 0 Å². The lowest BCUT2D eigenvalue weighted by Gasteiger charge is -2.36. The molecule has 7 heteroatoms. The minimum absolute atomic E-state index is 0.0669. The first-order valence-corrected chi connectivity index (χ1v) is 9.65. The molecule has 0 N–H and O–H groups in total. The first kappa shape index (κ1) is 19.5. The summed E-state index contributed by atoms with van der Waals surface area (Å²) in [5, 5.41) is 9.44. The number of aromatic nitrogens is 3. The molecule has 0 saturated carbocycles. The van der Waals surface area contributed by atoms with Gasteiger partial charge < -0.3 is 9.47 Å². The van der Waals surface area contributed by atoms with E-state index in [1.807, 2.05) is 42.1 Å². The highest BCUT2D eigenvalue weighted by Gasteiger charge is 2.29. The molecule has 0 aliphatic carbocycles. The number of carbonyl (C=O) groups excluding carboxylic acids is 1. The maximum Gasteiger partial charge on any atom is 0.330 e. The van der Waals surface area contributed by atoms with Crippen LogP contribution in [0.3, 0.4) is 0 Å². The van der Waals surface area contributed by atoms with Crippen molar-refractivity contribution < 1.29 is 14.3 Å². The lowest BCUT2D eigenvalue weighted by Crippen LogP contribution is -2.44. The van der Waals surface area contributed by atoms with Gasteiger partial charge in [-0.2, -0.15) is 15.0 Å². The number of hydrogen-bond donors (Lipinski definition) is 0. The molecule has 0 amide bonds. The number of hydrogen-bond acceptors (Lipinski definition) is 6. The van der Waals surface area contributed by atoms with Gasteiger partial charge >= 0.3 is 5.97 Å². The molecule has 7 nitrogen and oxygen atoms in total. The molecule has 2 aromatic rings. The first-order valence-electron chi connectivity index (χ1n) is 9.65. The van der Waals surface area contributed by atoms with Crippen LogP contribution in [0.25, 0.3) is 11.0 Å². The second-order valence-corrected chi connectivity index (χ2v) is 6.78. The first-order chi connectivity index (χ1) is 13.2. The smallest absolute Gasteiger partial charge is 0.330 e. The molecule has 2 atom stereocenters. The fraction of sp³-hybridized carbons (Fsp3) is 0.550. The Morgan fingerprint density at radius 2 is 1.93 bits per heavy atom. The molecule has 0 bridgehead atoms. The van der Waals surface area contributed by atoms with E-state index in [2.05, 4.69) is 11.8 Å². The Kier molecular flexibility index (Phi) is 6.95. The van der Waals surface area contributed by atoms with Gasteiger partial charge in [-0.15, -0.1) is 0 Å². The van der Waals surface area contributed by atoms with Crippen molar-refractivity contribution in [1.29, 1.82) is 0 Å². The summed E-state index contributed by atoms with van der Waals surface area (Å²) < 4.78 is 10.4. The van der Waals surface area contributed by atoms with Gasteiger partial charge in [-0.05, 0) is 37.8 Å². The van der Waals surface area contributed by atoms with Gasteiger partial charge in [0.1, 0.15) is 17.2 Å². The normalized spacial score (nSPS) is 18.0. The van der Waals surface area contributed by atoms with Crippen molar-refractivity contribution in [3.05, 3.63) is 36.4 Å². The number of carbonyl (C=O) groups is 1. The fourth-order valence-electron chi connectivity index (χ4n) is 3.45. The number of allylic oxidation sites excluding steroid dienone is 1. The van der Waals surface area contributed by atoms with Gasteiger partial charge in [-0.1, -0.05) is 25.1 Å². The number of nitrogens with zero attached hydrogens (tertiary/aromatic N) is 4. The van der Waals surface area contributed by atoms with Crippen LogP contribution >= 0.6 is 0 Å². The van der Waals surface area contributed by atoms with E-state index in [-0.39, 0.29) is 12.1 Å². The highest BCUT2D eigenvalue weighted by molar-refractivity contribution is 5.81. The third-order valence-corrected chi connectivity index (χ3v) is 4.80. The van der Waals surface area contributed by atoms with Crippen LogP contribution in [0, 0.1) is 5.92 Å². The summed E-state index contributed by atoms with van der Waals surface area (Å²) in [6, 6.07) is 7.94. The molecule has 1 aromatic carbocycles. The highest BCUT2D eigenvalue weighted by atomic mass is 16.5. The fourth-order valence-corrected chi connectivity index (χ4v) is 3.45. The number of esters is 1. The molecule has 27 heavy (non-hydrogen) atoms. The Labute approximate surface area is 159 Å². The molecule has 1 saturated heterocycles. The van der Waals surface area contributed by atoms with Crippen LogP contribution in [0.15, 0.2) is 36.4 Å². The SMILES string of the molecule is CCOC(=O)/C=C/CCC(C)C(N1CCOCC1)n1nc2ccccc2n1. The molecule has 1 aromatic heterocycles. The van der Waals surface area contributed by atoms with Gasteiger partial charge in [0, 0.05) is 19.2 Å². The lowest BCUT2D eigenvalue weighted by atomic mass is 10.0. The van der Waals surface area contributed by atoms with E-state index < -0.39 is 0 Å². The average Bonchev–Trinajstić information content (AvgIpc) is 3.10. The maximum atomic E-state index is 11.4. The van der Waals surface area contributed by atoms with E-state index in [4.69, 9.17) is 19.7 Å². The Bertz CT molecular complexity index is 734. The highest BCUT2D eigenvalue weighted by Crippen LogP contribution is 2.27. The predicted octanol–water partition coefficient (Wildman–Crippen LogP) is 2.80. The summed E-state index contributed by atoms with van der Waals surface area (Å²) in [7, 11) is 0. The van der Waals surface area contributed by atoms with Gasteiger partial charge in [-0.3, -0.25) is 4.90 Å². The minimum atomic E-state index is -0.283. The van der Waals surface area contributed by atoms with E-state index in [1.54, 1.807) is 0 Å². The van der Waals surface area contributed by atoms with Crippen molar-refractivity contribution in [3.8, 4) is 0 Å². The standard InChI is InChI=1S/C20H28N4O3/c1-3-27-19(25)11-7-4-8-16(2)20(23-12-14-26-15-13-23)24-21-17-9-5-6-10-18(17)22-24/h5-7,9-11,16,20H,3-4,8,12-15H2,1-2H3/b11-7+. The molecular weight excluding hydrogens is 344 g/mol. The quantitative estimate of drug-likeness (QED) is 0.524. The van der Waals surface area contributed by atoms with Gasteiger partial charge in [0.15, 0.2) is 0 Å². The molecule has 3 rings (SSSR count). The summed E-state index contributed by atoms with van der Waals surface area (Å²) in [6.45, 7) is 7.61. The molecule has 0 radical (unpaired) electrons. The summed E-state index contributed by atoms with van der Waals surface area (Å²) >= 11 is 0. The predicted molar refractivity (Wildman–Crippen MR) is 103 cm³/mol. The topological polar surface area (TPSA) is 69.5 Å². The minimum Gasteiger partial charge on any atom is -0.463 e. The molecular formula is C20H28N4O3. The van der Waals surface area contributed by atoms with Crippen molar-refractivity contribution >= 4 is 17.0 Å². The monoisotopic (exact) mass is 372 g/mol.